The van der Waals surface area contributed by atoms with E-state index in [1.54, 1.807) is 6.33 Å². The highest BCUT2D eigenvalue weighted by Gasteiger charge is 2.51. The van der Waals surface area contributed by atoms with Gasteiger partial charge in [0.15, 0.2) is 0 Å². The van der Waals surface area contributed by atoms with Crippen molar-refractivity contribution in [1.82, 2.24) is 9.97 Å². The summed E-state index contributed by atoms with van der Waals surface area (Å²) in [5, 5.41) is 7.60. The Morgan fingerprint density at radius 3 is 2.21 bits per heavy atom. The van der Waals surface area contributed by atoms with Gasteiger partial charge in [0.25, 0.3) is 0 Å². The molecule has 1 aromatic heterocycles. The lowest BCUT2D eigenvalue weighted by Gasteiger charge is -2.57. The molecule has 0 amide bonds. The van der Waals surface area contributed by atoms with Crippen molar-refractivity contribution in [3.05, 3.63) is 48.0 Å². The summed E-state index contributed by atoms with van der Waals surface area (Å²) >= 11 is 0. The zero-order chi connectivity index (χ0) is 23.2. The number of nitrogens with zero attached hydrogens (tertiary/aromatic N) is 2. The molecule has 6 heteroatoms. The number of anilines is 2. The van der Waals surface area contributed by atoms with Crippen molar-refractivity contribution in [2.45, 2.75) is 83.4 Å². The zero-order valence-electron chi connectivity index (χ0n) is 20.2. The molecule has 0 radical (unpaired) electrons. The predicted octanol–water partition coefficient (Wildman–Crippen LogP) is 5.99. The van der Waals surface area contributed by atoms with Crippen LogP contribution in [0.25, 0.3) is 0 Å². The lowest BCUT2D eigenvalue weighted by molar-refractivity contribution is 0.00695. The van der Waals surface area contributed by atoms with E-state index >= 15 is 0 Å². The molecular formula is C27H36N4O2. The first-order chi connectivity index (χ1) is 15.7. The Labute approximate surface area is 196 Å². The number of hydrogen-bond donors (Lipinski definition) is 2. The van der Waals surface area contributed by atoms with Crippen LogP contribution < -0.4 is 10.6 Å². The second-order valence-corrected chi connectivity index (χ2v) is 11.6. The first-order valence-corrected chi connectivity index (χ1v) is 12.4. The molecule has 4 bridgehead atoms. The van der Waals surface area contributed by atoms with Gasteiger partial charge in [-0.25, -0.2) is 14.8 Å². The lowest BCUT2D eigenvalue weighted by atomic mass is 9.53. The molecule has 1 heterocycles. The topological polar surface area (TPSA) is 76.1 Å². The van der Waals surface area contributed by atoms with E-state index in [0.717, 1.165) is 34.7 Å². The van der Waals surface area contributed by atoms with Gasteiger partial charge in [0.1, 0.15) is 11.9 Å². The first-order valence-electron chi connectivity index (χ1n) is 12.4. The zero-order valence-corrected chi connectivity index (χ0v) is 20.2. The smallest absolute Gasteiger partial charge is 0.338 e. The number of nitrogens with one attached hydrogen (secondary N) is 2. The Hall–Kier alpha value is -2.63. The van der Waals surface area contributed by atoms with Crippen LogP contribution in [0.1, 0.15) is 88.2 Å². The molecule has 2 aromatic rings. The Morgan fingerprint density at radius 1 is 1.03 bits per heavy atom. The quantitative estimate of drug-likeness (QED) is 0.529. The van der Waals surface area contributed by atoms with E-state index in [1.807, 2.05) is 51.4 Å². The highest BCUT2D eigenvalue weighted by molar-refractivity contribution is 5.92. The molecule has 0 spiro atoms. The van der Waals surface area contributed by atoms with Crippen molar-refractivity contribution >= 4 is 17.3 Å². The third-order valence-electron chi connectivity index (χ3n) is 7.54. The van der Waals surface area contributed by atoms with Gasteiger partial charge in [0, 0.05) is 23.5 Å². The summed E-state index contributed by atoms with van der Waals surface area (Å²) in [5.41, 5.74) is 3.19. The Kier molecular flexibility index (Phi) is 5.58. The highest BCUT2D eigenvalue weighted by atomic mass is 16.6. The van der Waals surface area contributed by atoms with Gasteiger partial charge >= 0.3 is 5.97 Å². The Balaban J connectivity index is 1.44. The van der Waals surface area contributed by atoms with Crippen LogP contribution in [0, 0.1) is 17.8 Å². The summed E-state index contributed by atoms with van der Waals surface area (Å²) < 4.78 is 5.64. The third-order valence-corrected chi connectivity index (χ3v) is 7.54. The molecule has 0 saturated heterocycles. The van der Waals surface area contributed by atoms with Gasteiger partial charge in [-0.1, -0.05) is 0 Å². The van der Waals surface area contributed by atoms with Crippen molar-refractivity contribution in [2.24, 2.45) is 17.8 Å². The number of carbonyl (C=O) groups is 1. The molecule has 2 N–H and O–H groups in total. The SMILES string of the molecule is CC(Nc1cc(C(=O)OC(C)(C)C)ccc1NC12CC3CC(CC(C3)C1)C2)c1cncnc1. The molecule has 6 nitrogen and oxygen atoms in total. The second kappa shape index (κ2) is 8.30. The van der Waals surface area contributed by atoms with Gasteiger partial charge in [0.2, 0.25) is 0 Å². The molecule has 33 heavy (non-hydrogen) atoms. The molecule has 1 unspecified atom stereocenters. The van der Waals surface area contributed by atoms with Crippen LogP contribution in [0.2, 0.25) is 0 Å². The van der Waals surface area contributed by atoms with E-state index in [2.05, 4.69) is 27.5 Å². The summed E-state index contributed by atoms with van der Waals surface area (Å²) in [6, 6.07) is 5.86. The van der Waals surface area contributed by atoms with E-state index in [4.69, 9.17) is 4.74 Å². The average Bonchev–Trinajstić information content (AvgIpc) is 2.73. The van der Waals surface area contributed by atoms with Crippen LogP contribution in [0.3, 0.4) is 0 Å². The van der Waals surface area contributed by atoms with Crippen molar-refractivity contribution in [1.29, 1.82) is 0 Å². The van der Waals surface area contributed by atoms with Crippen LogP contribution in [0.15, 0.2) is 36.9 Å². The molecule has 1 aromatic carbocycles. The maximum atomic E-state index is 12.8. The molecule has 4 aliphatic rings. The molecule has 1 atom stereocenters. The predicted molar refractivity (Wildman–Crippen MR) is 130 cm³/mol. The summed E-state index contributed by atoms with van der Waals surface area (Å²) in [6.07, 6.45) is 13.2. The Morgan fingerprint density at radius 2 is 1.64 bits per heavy atom. The first kappa shape index (κ1) is 22.2. The fourth-order valence-corrected chi connectivity index (χ4v) is 6.64. The summed E-state index contributed by atoms with van der Waals surface area (Å²) in [4.78, 5) is 21.1. The Bertz CT molecular complexity index is 979. The number of rotatable bonds is 6. The number of aromatic nitrogens is 2. The minimum atomic E-state index is -0.532. The lowest BCUT2D eigenvalue weighted by Crippen LogP contribution is -2.54. The number of benzene rings is 1. The summed E-state index contributed by atoms with van der Waals surface area (Å²) in [5.74, 6) is 2.28. The summed E-state index contributed by atoms with van der Waals surface area (Å²) in [6.45, 7) is 7.77. The van der Waals surface area contributed by atoms with E-state index in [1.165, 1.54) is 38.5 Å². The van der Waals surface area contributed by atoms with E-state index in [-0.39, 0.29) is 17.6 Å². The van der Waals surface area contributed by atoms with Gasteiger partial charge in [-0.05, 0) is 102 Å². The van der Waals surface area contributed by atoms with E-state index in [9.17, 15) is 4.79 Å². The van der Waals surface area contributed by atoms with Gasteiger partial charge in [-0.2, -0.15) is 0 Å². The largest absolute Gasteiger partial charge is 0.456 e. The molecular weight excluding hydrogens is 412 g/mol. The monoisotopic (exact) mass is 448 g/mol. The number of esters is 1. The van der Waals surface area contributed by atoms with Crippen LogP contribution in [0.4, 0.5) is 11.4 Å². The van der Waals surface area contributed by atoms with Crippen molar-refractivity contribution in [3.63, 3.8) is 0 Å². The summed E-state index contributed by atoms with van der Waals surface area (Å²) in [7, 11) is 0. The standard InChI is InChI=1S/C27H36N4O2/c1-17(22-14-28-16-29-15-22)30-24-10-21(25(32)33-26(2,3)4)5-6-23(24)31-27-11-18-7-19(12-27)9-20(8-18)13-27/h5-6,10,14-20,30-31H,7-9,11-13H2,1-4H3. The van der Waals surface area contributed by atoms with Gasteiger partial charge in [-0.3, -0.25) is 0 Å². The van der Waals surface area contributed by atoms with Gasteiger partial charge in [-0.15, -0.1) is 0 Å². The minimum Gasteiger partial charge on any atom is -0.456 e. The average molecular weight is 449 g/mol. The van der Waals surface area contributed by atoms with E-state index < -0.39 is 5.60 Å². The van der Waals surface area contributed by atoms with Crippen LogP contribution in [0.5, 0.6) is 0 Å². The number of hydrogen-bond acceptors (Lipinski definition) is 6. The van der Waals surface area contributed by atoms with Crippen LogP contribution >= 0.6 is 0 Å². The van der Waals surface area contributed by atoms with Gasteiger partial charge < -0.3 is 15.4 Å². The number of carbonyl (C=O) groups excluding carboxylic acids is 1. The van der Waals surface area contributed by atoms with Crippen LogP contribution in [-0.4, -0.2) is 27.1 Å². The number of ether oxygens (including phenoxy) is 1. The fraction of sp³-hybridized carbons (Fsp3) is 0.593. The second-order valence-electron chi connectivity index (χ2n) is 11.6. The van der Waals surface area contributed by atoms with E-state index in [0.29, 0.717) is 5.56 Å². The maximum absolute atomic E-state index is 12.8. The molecule has 4 fully saturated rings. The normalized spacial score (nSPS) is 28.9. The van der Waals surface area contributed by atoms with Gasteiger partial charge in [0.05, 0.1) is 23.0 Å². The van der Waals surface area contributed by atoms with Crippen molar-refractivity contribution in [3.8, 4) is 0 Å². The molecule has 4 aliphatic carbocycles. The van der Waals surface area contributed by atoms with Crippen LogP contribution in [-0.2, 0) is 4.74 Å². The molecule has 176 valence electrons. The molecule has 0 aliphatic heterocycles. The third kappa shape index (κ3) is 4.85. The fourth-order valence-electron chi connectivity index (χ4n) is 6.64. The molecule has 6 rings (SSSR count). The minimum absolute atomic E-state index is 0.00278. The van der Waals surface area contributed by atoms with Crippen molar-refractivity contribution in [2.75, 3.05) is 10.6 Å². The molecule has 4 saturated carbocycles. The van der Waals surface area contributed by atoms with Crippen molar-refractivity contribution < 1.29 is 9.53 Å². The highest BCUT2D eigenvalue weighted by Crippen LogP contribution is 2.57. The maximum Gasteiger partial charge on any atom is 0.338 e.